The van der Waals surface area contributed by atoms with Gasteiger partial charge in [-0.2, -0.15) is 0 Å². The second kappa shape index (κ2) is 6.41. The first kappa shape index (κ1) is 15.5. The zero-order valence-electron chi connectivity index (χ0n) is 13.7. The largest absolute Gasteiger partial charge is 0.497 e. The van der Waals surface area contributed by atoms with Gasteiger partial charge >= 0.3 is 0 Å². The number of fused-ring (bicyclic) bond motifs is 1. The zero-order chi connectivity index (χ0) is 16.4. The molecule has 4 heteroatoms. The Morgan fingerprint density at radius 2 is 2.26 bits per heavy atom. The number of aromatic nitrogens is 1. The summed E-state index contributed by atoms with van der Waals surface area (Å²) in [5.41, 5.74) is 1.65. The molecule has 2 atom stereocenters. The first-order valence-corrected chi connectivity index (χ1v) is 8.04. The lowest BCUT2D eigenvalue weighted by molar-refractivity contribution is -0.344. The van der Waals surface area contributed by atoms with Crippen molar-refractivity contribution >= 4 is 16.8 Å². The number of likely N-dealkylation sites (tertiary alicyclic amines) is 1. The number of carbonyl (C=O) groups excluding carboxylic acids is 1. The average molecular weight is 311 g/mol. The number of aromatic amines is 1. The third-order valence-corrected chi connectivity index (χ3v) is 4.84. The van der Waals surface area contributed by atoms with Crippen molar-refractivity contribution in [3.8, 4) is 5.75 Å². The van der Waals surface area contributed by atoms with Crippen molar-refractivity contribution in [2.75, 3.05) is 20.2 Å². The average Bonchev–Trinajstić information content (AvgIpc) is 2.60. The standard InChI is InChI=1S/C19H22N2O2/c1-4-14-12-21(10-8-13(14)2)19(22)16-7-9-20-18-6-5-15(23-3)11-17(16)18/h4-7,9,11,13-14H,1,8,10,12H2,2-3H3/p+1. The Bertz CT molecular complexity index is 741. The molecule has 23 heavy (non-hydrogen) atoms. The fourth-order valence-corrected chi connectivity index (χ4v) is 3.25. The molecule has 1 aliphatic heterocycles. The SMILES string of the molecule is C=CC1CN(C(=O)c2cc[nH+]c3ccc(OC)cc23)CCC1C. The molecule has 0 aliphatic carbocycles. The minimum absolute atomic E-state index is 0.0796. The highest BCUT2D eigenvalue weighted by atomic mass is 16.5. The number of amides is 1. The van der Waals surface area contributed by atoms with Gasteiger partial charge in [0.15, 0.2) is 6.20 Å². The van der Waals surface area contributed by atoms with E-state index in [9.17, 15) is 4.79 Å². The number of rotatable bonds is 3. The van der Waals surface area contributed by atoms with Gasteiger partial charge in [0, 0.05) is 25.2 Å². The van der Waals surface area contributed by atoms with E-state index in [0.29, 0.717) is 11.8 Å². The molecule has 1 aliphatic rings. The molecule has 1 aromatic carbocycles. The van der Waals surface area contributed by atoms with E-state index in [0.717, 1.165) is 41.7 Å². The smallest absolute Gasteiger partial charge is 0.254 e. The van der Waals surface area contributed by atoms with Crippen LogP contribution >= 0.6 is 0 Å². The number of nitrogens with zero attached hydrogens (tertiary/aromatic N) is 1. The molecule has 0 saturated carbocycles. The number of carbonyl (C=O) groups is 1. The molecule has 2 heterocycles. The summed E-state index contributed by atoms with van der Waals surface area (Å²) in [5.74, 6) is 1.78. The van der Waals surface area contributed by atoms with Gasteiger partial charge in [-0.05, 0) is 30.4 Å². The van der Waals surface area contributed by atoms with E-state index in [1.54, 1.807) is 7.11 Å². The molecular formula is C19H23N2O2+. The van der Waals surface area contributed by atoms with Crippen molar-refractivity contribution in [3.05, 3.63) is 48.7 Å². The summed E-state index contributed by atoms with van der Waals surface area (Å²) in [4.78, 5) is 18.1. The van der Waals surface area contributed by atoms with Crippen LogP contribution in [0.25, 0.3) is 10.9 Å². The van der Waals surface area contributed by atoms with Crippen molar-refractivity contribution in [3.63, 3.8) is 0 Å². The van der Waals surface area contributed by atoms with Crippen LogP contribution < -0.4 is 9.72 Å². The molecule has 2 aromatic rings. The minimum atomic E-state index is 0.0796. The number of hydrogen-bond acceptors (Lipinski definition) is 2. The zero-order valence-corrected chi connectivity index (χ0v) is 13.7. The number of benzene rings is 1. The van der Waals surface area contributed by atoms with E-state index in [1.165, 1.54) is 0 Å². The molecule has 1 amide bonds. The van der Waals surface area contributed by atoms with E-state index in [2.05, 4.69) is 18.5 Å². The lowest BCUT2D eigenvalue weighted by atomic mass is 9.87. The summed E-state index contributed by atoms with van der Waals surface area (Å²) in [6.07, 6.45) is 4.81. The van der Waals surface area contributed by atoms with E-state index < -0.39 is 0 Å². The molecule has 1 fully saturated rings. The van der Waals surface area contributed by atoms with Crippen molar-refractivity contribution in [1.82, 2.24) is 4.90 Å². The molecule has 0 bridgehead atoms. The maximum Gasteiger partial charge on any atom is 0.254 e. The van der Waals surface area contributed by atoms with Crippen molar-refractivity contribution in [1.29, 1.82) is 0 Å². The molecule has 2 unspecified atom stereocenters. The van der Waals surface area contributed by atoms with Gasteiger partial charge in [0.25, 0.3) is 5.91 Å². The number of nitrogens with one attached hydrogen (secondary N) is 1. The van der Waals surface area contributed by atoms with Gasteiger partial charge in [-0.25, -0.2) is 4.98 Å². The summed E-state index contributed by atoms with van der Waals surface area (Å²) in [6.45, 7) is 7.69. The summed E-state index contributed by atoms with van der Waals surface area (Å²) in [6, 6.07) is 7.60. The van der Waals surface area contributed by atoms with Crippen molar-refractivity contribution in [2.24, 2.45) is 11.8 Å². The number of piperidine rings is 1. The third-order valence-electron chi connectivity index (χ3n) is 4.84. The second-order valence-electron chi connectivity index (χ2n) is 6.22. The van der Waals surface area contributed by atoms with Gasteiger partial charge in [-0.3, -0.25) is 4.79 Å². The minimum Gasteiger partial charge on any atom is -0.497 e. The molecule has 1 N–H and O–H groups in total. The number of ether oxygens (including phenoxy) is 1. The Labute approximate surface area is 136 Å². The lowest BCUT2D eigenvalue weighted by Gasteiger charge is -2.35. The summed E-state index contributed by atoms with van der Waals surface area (Å²) < 4.78 is 5.30. The number of methoxy groups -OCH3 is 1. The van der Waals surface area contributed by atoms with Crippen LogP contribution in [0.1, 0.15) is 23.7 Å². The van der Waals surface area contributed by atoms with Crippen LogP contribution in [0.3, 0.4) is 0 Å². The predicted molar refractivity (Wildman–Crippen MR) is 90.4 cm³/mol. The molecular weight excluding hydrogens is 288 g/mol. The third kappa shape index (κ3) is 2.93. The van der Waals surface area contributed by atoms with Crippen LogP contribution in [0.2, 0.25) is 0 Å². The normalized spacial score (nSPS) is 21.2. The van der Waals surface area contributed by atoms with E-state index in [1.807, 2.05) is 41.4 Å². The lowest BCUT2D eigenvalue weighted by Crippen LogP contribution is -2.42. The monoisotopic (exact) mass is 311 g/mol. The van der Waals surface area contributed by atoms with Crippen LogP contribution in [0, 0.1) is 11.8 Å². The highest BCUT2D eigenvalue weighted by Gasteiger charge is 2.28. The summed E-state index contributed by atoms with van der Waals surface area (Å²) in [7, 11) is 1.63. The van der Waals surface area contributed by atoms with Gasteiger partial charge in [-0.1, -0.05) is 13.0 Å². The molecule has 0 radical (unpaired) electrons. The Hall–Kier alpha value is -2.36. The fourth-order valence-electron chi connectivity index (χ4n) is 3.25. The number of hydrogen-bond donors (Lipinski definition) is 0. The topological polar surface area (TPSA) is 43.7 Å². The molecule has 1 aromatic heterocycles. The molecule has 4 nitrogen and oxygen atoms in total. The number of H-pyrrole nitrogens is 1. The maximum absolute atomic E-state index is 13.0. The molecule has 0 spiro atoms. The first-order valence-electron chi connectivity index (χ1n) is 8.04. The van der Waals surface area contributed by atoms with Gasteiger partial charge in [-0.15, -0.1) is 6.58 Å². The number of pyridine rings is 1. The van der Waals surface area contributed by atoms with Gasteiger partial charge < -0.3 is 9.64 Å². The quantitative estimate of drug-likeness (QED) is 0.818. The first-order chi connectivity index (χ1) is 11.1. The van der Waals surface area contributed by atoms with Gasteiger partial charge in [0.05, 0.1) is 18.1 Å². The van der Waals surface area contributed by atoms with Crippen LogP contribution in [0.15, 0.2) is 43.1 Å². The van der Waals surface area contributed by atoms with Crippen LogP contribution in [-0.2, 0) is 0 Å². The fraction of sp³-hybridized carbons (Fsp3) is 0.368. The maximum atomic E-state index is 13.0. The van der Waals surface area contributed by atoms with Gasteiger partial charge in [0.1, 0.15) is 5.75 Å². The Kier molecular flexibility index (Phi) is 4.33. The van der Waals surface area contributed by atoms with Gasteiger partial charge in [0.2, 0.25) is 5.52 Å². The summed E-state index contributed by atoms with van der Waals surface area (Å²) >= 11 is 0. The summed E-state index contributed by atoms with van der Waals surface area (Å²) in [5, 5.41) is 0.894. The van der Waals surface area contributed by atoms with E-state index in [4.69, 9.17) is 4.74 Å². The highest BCUT2D eigenvalue weighted by Crippen LogP contribution is 2.27. The van der Waals surface area contributed by atoms with Crippen LogP contribution in [0.5, 0.6) is 5.75 Å². The van der Waals surface area contributed by atoms with Crippen molar-refractivity contribution < 1.29 is 14.5 Å². The Balaban J connectivity index is 1.96. The molecule has 120 valence electrons. The molecule has 3 rings (SSSR count). The van der Waals surface area contributed by atoms with E-state index >= 15 is 0 Å². The van der Waals surface area contributed by atoms with Crippen molar-refractivity contribution in [2.45, 2.75) is 13.3 Å². The highest BCUT2D eigenvalue weighted by molar-refractivity contribution is 6.05. The second-order valence-corrected chi connectivity index (χ2v) is 6.22. The predicted octanol–water partition coefficient (Wildman–Crippen LogP) is 2.95. The Morgan fingerprint density at radius 1 is 1.43 bits per heavy atom. The van der Waals surface area contributed by atoms with Crippen LogP contribution in [0.4, 0.5) is 0 Å². The Morgan fingerprint density at radius 3 is 3.00 bits per heavy atom. The van der Waals surface area contributed by atoms with Crippen LogP contribution in [-0.4, -0.2) is 31.0 Å². The van der Waals surface area contributed by atoms with E-state index in [-0.39, 0.29) is 5.91 Å². The molecule has 1 saturated heterocycles.